The predicted octanol–water partition coefficient (Wildman–Crippen LogP) is 3.61. The molecule has 0 fully saturated rings. The second-order valence-electron chi connectivity index (χ2n) is 5.74. The number of hydrogen-bond donors (Lipinski definition) is 1. The van der Waals surface area contributed by atoms with E-state index in [1.54, 1.807) is 12.1 Å². The van der Waals surface area contributed by atoms with Gasteiger partial charge in [-0.3, -0.25) is 14.5 Å². The van der Waals surface area contributed by atoms with Crippen LogP contribution in [-0.2, 0) is 10.0 Å². The Kier molecular flexibility index (Phi) is 5.43. The monoisotopic (exact) mass is 415 g/mol. The van der Waals surface area contributed by atoms with E-state index in [4.69, 9.17) is 11.6 Å². The maximum Gasteiger partial charge on any atom is 0.261 e. The summed E-state index contributed by atoms with van der Waals surface area (Å²) >= 11 is 6.00. The zero-order valence-electron chi connectivity index (χ0n) is 14.4. The van der Waals surface area contributed by atoms with Crippen LogP contribution in [-0.4, -0.2) is 30.6 Å². The SMILES string of the molecule is C=[N+]([O-])c1ccc(S(=O)(=O)Nc2ccc(Cl)cc2C(=O)c2cccnc2)cc1. The molecular weight excluding hydrogens is 402 g/mol. The molecule has 0 amide bonds. The fourth-order valence-corrected chi connectivity index (χ4v) is 3.69. The molecule has 0 spiro atoms. The van der Waals surface area contributed by atoms with E-state index >= 15 is 0 Å². The number of anilines is 1. The zero-order valence-corrected chi connectivity index (χ0v) is 15.9. The third-order valence-corrected chi connectivity index (χ3v) is 5.45. The molecule has 1 aromatic heterocycles. The van der Waals surface area contributed by atoms with E-state index < -0.39 is 15.8 Å². The van der Waals surface area contributed by atoms with E-state index in [2.05, 4.69) is 16.4 Å². The minimum Gasteiger partial charge on any atom is -0.619 e. The van der Waals surface area contributed by atoms with E-state index in [1.165, 1.54) is 54.9 Å². The molecule has 0 radical (unpaired) electrons. The molecule has 0 bridgehead atoms. The van der Waals surface area contributed by atoms with Crippen molar-refractivity contribution in [2.24, 2.45) is 0 Å². The van der Waals surface area contributed by atoms with Crippen LogP contribution in [0.25, 0.3) is 0 Å². The summed E-state index contributed by atoms with van der Waals surface area (Å²) in [4.78, 5) is 16.6. The fourth-order valence-electron chi connectivity index (χ4n) is 2.44. The van der Waals surface area contributed by atoms with Gasteiger partial charge in [0.2, 0.25) is 5.69 Å². The number of pyridine rings is 1. The second-order valence-corrected chi connectivity index (χ2v) is 7.86. The van der Waals surface area contributed by atoms with Crippen LogP contribution in [0.1, 0.15) is 15.9 Å². The molecule has 0 unspecified atom stereocenters. The van der Waals surface area contributed by atoms with Crippen LogP contribution in [0.4, 0.5) is 11.4 Å². The Morgan fingerprint density at radius 2 is 1.86 bits per heavy atom. The topological polar surface area (TPSA) is 102 Å². The average molecular weight is 416 g/mol. The van der Waals surface area contributed by atoms with Gasteiger partial charge in [0.1, 0.15) is 6.72 Å². The number of carbonyl (C=O) groups excluding carboxylic acids is 1. The molecule has 142 valence electrons. The Morgan fingerprint density at radius 1 is 1.14 bits per heavy atom. The van der Waals surface area contributed by atoms with Crippen molar-refractivity contribution in [3.8, 4) is 0 Å². The summed E-state index contributed by atoms with van der Waals surface area (Å²) in [5, 5.41) is 11.5. The standard InChI is InChI=1S/C19H14ClN3O4S/c1-23(25)15-5-7-16(8-6-15)28(26,27)22-18-9-4-14(20)11-17(18)19(24)13-3-2-10-21-12-13/h2-12,22H,1H2. The van der Waals surface area contributed by atoms with Crippen LogP contribution in [0.15, 0.2) is 71.9 Å². The number of nitrogens with one attached hydrogen (secondary N) is 1. The number of halogens is 1. The summed E-state index contributed by atoms with van der Waals surface area (Å²) in [5.74, 6) is -0.428. The van der Waals surface area contributed by atoms with Crippen LogP contribution < -0.4 is 4.72 Å². The molecule has 0 atom stereocenters. The van der Waals surface area contributed by atoms with Crippen molar-refractivity contribution in [3.63, 3.8) is 0 Å². The van der Waals surface area contributed by atoms with E-state index in [0.29, 0.717) is 10.3 Å². The number of ketones is 1. The molecule has 3 rings (SSSR count). The molecule has 0 aliphatic heterocycles. The Balaban J connectivity index is 1.98. The fraction of sp³-hybridized carbons (Fsp3) is 0. The number of aromatic nitrogens is 1. The first kappa shape index (κ1) is 19.5. The number of benzene rings is 2. The smallest absolute Gasteiger partial charge is 0.261 e. The first-order valence-corrected chi connectivity index (χ1v) is 9.79. The lowest BCUT2D eigenvalue weighted by atomic mass is 10.0. The Hall–Kier alpha value is -3.23. The van der Waals surface area contributed by atoms with Gasteiger partial charge in [0.15, 0.2) is 5.78 Å². The van der Waals surface area contributed by atoms with Crippen LogP contribution in [0, 0.1) is 5.21 Å². The minimum absolute atomic E-state index is 0.0740. The molecule has 28 heavy (non-hydrogen) atoms. The van der Waals surface area contributed by atoms with Crippen molar-refractivity contribution in [1.29, 1.82) is 0 Å². The maximum absolute atomic E-state index is 12.8. The van der Waals surface area contributed by atoms with E-state index in [9.17, 15) is 18.4 Å². The van der Waals surface area contributed by atoms with Crippen molar-refractivity contribution in [3.05, 3.63) is 88.3 Å². The number of rotatable bonds is 6. The highest BCUT2D eigenvalue weighted by Gasteiger charge is 2.20. The Labute approximate surface area is 166 Å². The highest BCUT2D eigenvalue weighted by atomic mass is 35.5. The summed E-state index contributed by atoms with van der Waals surface area (Å²) in [6, 6.07) is 12.6. The van der Waals surface area contributed by atoms with E-state index in [0.717, 1.165) is 0 Å². The molecule has 2 aromatic carbocycles. The largest absolute Gasteiger partial charge is 0.619 e. The van der Waals surface area contributed by atoms with Gasteiger partial charge in [-0.2, -0.15) is 4.74 Å². The molecule has 0 aliphatic carbocycles. The molecule has 1 N–H and O–H groups in total. The van der Waals surface area contributed by atoms with E-state index in [1.807, 2.05) is 0 Å². The summed E-state index contributed by atoms with van der Waals surface area (Å²) in [6.07, 6.45) is 2.91. The van der Waals surface area contributed by atoms with Crippen molar-refractivity contribution >= 4 is 45.5 Å². The molecule has 0 saturated carbocycles. The van der Waals surface area contributed by atoms with Gasteiger partial charge in [0.25, 0.3) is 10.0 Å². The van der Waals surface area contributed by atoms with Gasteiger partial charge in [-0.05, 0) is 42.5 Å². The minimum atomic E-state index is -4.01. The number of hydrogen-bond acceptors (Lipinski definition) is 5. The third kappa shape index (κ3) is 4.19. The van der Waals surface area contributed by atoms with Crippen LogP contribution in [0.2, 0.25) is 5.02 Å². The van der Waals surface area contributed by atoms with Crippen molar-refractivity contribution < 1.29 is 18.0 Å². The lowest BCUT2D eigenvalue weighted by Gasteiger charge is -2.13. The molecule has 1 heterocycles. The molecular formula is C19H14ClN3O4S. The van der Waals surface area contributed by atoms with Crippen molar-refractivity contribution in [1.82, 2.24) is 4.98 Å². The van der Waals surface area contributed by atoms with Crippen LogP contribution >= 0.6 is 11.6 Å². The second kappa shape index (κ2) is 7.79. The highest BCUT2D eigenvalue weighted by molar-refractivity contribution is 7.92. The van der Waals surface area contributed by atoms with Gasteiger partial charge in [0.05, 0.1) is 10.6 Å². The molecule has 7 nitrogen and oxygen atoms in total. The van der Waals surface area contributed by atoms with Gasteiger partial charge in [-0.1, -0.05) is 11.6 Å². The normalized spacial score (nSPS) is 11.0. The van der Waals surface area contributed by atoms with Gasteiger partial charge >= 0.3 is 0 Å². The quantitative estimate of drug-likeness (QED) is 0.218. The summed E-state index contributed by atoms with van der Waals surface area (Å²) in [7, 11) is -4.01. The summed E-state index contributed by atoms with van der Waals surface area (Å²) in [6.45, 7) is 3.19. The average Bonchev–Trinajstić information content (AvgIpc) is 2.69. The zero-order chi connectivity index (χ0) is 20.3. The van der Waals surface area contributed by atoms with Crippen LogP contribution in [0.3, 0.4) is 0 Å². The number of sulfonamides is 1. The molecule has 3 aromatic rings. The first-order chi connectivity index (χ1) is 13.3. The number of carbonyl (C=O) groups is 1. The van der Waals surface area contributed by atoms with Crippen molar-refractivity contribution in [2.75, 3.05) is 4.72 Å². The third-order valence-electron chi connectivity index (χ3n) is 3.83. The van der Waals surface area contributed by atoms with Crippen LogP contribution in [0.5, 0.6) is 0 Å². The number of nitrogens with zero attached hydrogens (tertiary/aromatic N) is 2. The highest BCUT2D eigenvalue weighted by Crippen LogP contribution is 2.26. The van der Waals surface area contributed by atoms with Gasteiger partial charge in [-0.25, -0.2) is 8.42 Å². The lowest BCUT2D eigenvalue weighted by Crippen LogP contribution is -2.16. The molecule has 0 saturated heterocycles. The van der Waals surface area contributed by atoms with Crippen molar-refractivity contribution in [2.45, 2.75) is 4.90 Å². The summed E-state index contributed by atoms with van der Waals surface area (Å²) in [5.41, 5.74) is 0.660. The Morgan fingerprint density at radius 3 is 2.46 bits per heavy atom. The van der Waals surface area contributed by atoms with Gasteiger partial charge < -0.3 is 5.21 Å². The van der Waals surface area contributed by atoms with Gasteiger partial charge in [0, 0.05) is 40.7 Å². The molecule has 0 aliphatic rings. The maximum atomic E-state index is 12.8. The van der Waals surface area contributed by atoms with E-state index in [-0.39, 0.29) is 26.9 Å². The van der Waals surface area contributed by atoms with Gasteiger partial charge in [-0.15, -0.1) is 0 Å². The predicted molar refractivity (Wildman–Crippen MR) is 107 cm³/mol. The Bertz CT molecular complexity index is 1150. The summed E-state index contributed by atoms with van der Waals surface area (Å²) < 4.78 is 28.2. The first-order valence-electron chi connectivity index (χ1n) is 7.93. The lowest BCUT2D eigenvalue weighted by molar-refractivity contribution is -0.349. The molecule has 9 heteroatoms.